The Hall–Kier alpha value is -4.26. The third kappa shape index (κ3) is 10.5. The molecule has 0 N–H and O–H groups in total. The summed E-state index contributed by atoms with van der Waals surface area (Å²) in [6, 6.07) is 33.3. The monoisotopic (exact) mass is 618 g/mol. The summed E-state index contributed by atoms with van der Waals surface area (Å²) in [4.78, 5) is 21.1. The van der Waals surface area contributed by atoms with Gasteiger partial charge < -0.3 is 25.1 Å². The molecule has 4 aromatic carbocycles. The number of unbranched alkanes of at least 4 members (excludes halogenated alkanes) is 1. The zero-order valence-electron chi connectivity index (χ0n) is 24.0. The Morgan fingerprint density at radius 3 is 2.16 bits per heavy atom. The first-order valence-electron chi connectivity index (χ1n) is 14.0. The fraction of sp³-hybridized carbons (Fsp3) is 0.229. The SMILES string of the molecule is COc1ccc(C(CC(=O)[O-])N=C(c2ccccc2)c2ccccc2N=C([O-])CCCC[N-]Cc2ccccc2)cc1.[Ni+3]. The molecule has 0 bridgehead atoms. The van der Waals surface area contributed by atoms with Crippen molar-refractivity contribution in [3.05, 3.63) is 137 Å². The molecule has 0 amide bonds. The number of carbonyl (C=O) groups is 1. The van der Waals surface area contributed by atoms with E-state index in [4.69, 9.17) is 9.73 Å². The van der Waals surface area contributed by atoms with E-state index < -0.39 is 12.0 Å². The van der Waals surface area contributed by atoms with E-state index in [1.165, 1.54) is 5.56 Å². The number of rotatable bonds is 15. The first-order chi connectivity index (χ1) is 20.5. The van der Waals surface area contributed by atoms with Gasteiger partial charge in [-0.25, -0.2) is 0 Å². The molecule has 0 saturated carbocycles. The smallest absolute Gasteiger partial charge is 0.862 e. The standard InChI is InChI=1S/C35H36N3O4.Ni/c1-42-29-21-19-27(20-22-29)32(24-34(40)41)38-35(28-14-6-3-7-15-28)30-16-8-9-17-31(30)37-33(39)18-10-11-23-36-25-26-12-4-2-5-13-26;/h2-9,12-17,19-22,32H,10-11,18,23-25H2,1H3,(H,37,39)(H,40,41);/q-1;+3/p-2. The molecule has 0 aliphatic heterocycles. The molecule has 0 fully saturated rings. The molecule has 7 nitrogen and oxygen atoms in total. The van der Waals surface area contributed by atoms with E-state index in [1.54, 1.807) is 37.4 Å². The molecule has 0 aliphatic rings. The quantitative estimate of drug-likeness (QED) is 0.0753. The van der Waals surface area contributed by atoms with E-state index in [-0.39, 0.29) is 28.8 Å². The zero-order valence-corrected chi connectivity index (χ0v) is 25.0. The van der Waals surface area contributed by atoms with Crippen LogP contribution in [0.3, 0.4) is 0 Å². The Morgan fingerprint density at radius 2 is 1.49 bits per heavy atom. The van der Waals surface area contributed by atoms with Crippen molar-refractivity contribution in [3.63, 3.8) is 0 Å². The van der Waals surface area contributed by atoms with Gasteiger partial charge in [-0.15, -0.1) is 13.1 Å². The van der Waals surface area contributed by atoms with Crippen LogP contribution in [0.15, 0.2) is 119 Å². The van der Waals surface area contributed by atoms with Crippen LogP contribution in [0.5, 0.6) is 5.75 Å². The molecule has 43 heavy (non-hydrogen) atoms. The van der Waals surface area contributed by atoms with Crippen LogP contribution in [-0.2, 0) is 27.8 Å². The van der Waals surface area contributed by atoms with Gasteiger partial charge in [-0.05, 0) is 36.1 Å². The third-order valence-corrected chi connectivity index (χ3v) is 6.69. The van der Waals surface area contributed by atoms with Gasteiger partial charge in [0.2, 0.25) is 0 Å². The number of para-hydroxylation sites is 1. The summed E-state index contributed by atoms with van der Waals surface area (Å²) in [6.07, 6.45) is 1.50. The van der Waals surface area contributed by atoms with Crippen LogP contribution >= 0.6 is 0 Å². The summed E-state index contributed by atoms with van der Waals surface area (Å²) in [5.74, 6) is -0.777. The number of carboxylic acid groups (broad SMARTS) is 1. The minimum Gasteiger partial charge on any atom is -0.862 e. The number of carbonyl (C=O) groups excluding carboxylic acids is 1. The minimum absolute atomic E-state index is 0. The first kappa shape index (κ1) is 33.2. The molecule has 0 saturated heterocycles. The fourth-order valence-electron chi connectivity index (χ4n) is 4.53. The molecule has 223 valence electrons. The second-order valence-corrected chi connectivity index (χ2v) is 9.78. The molecule has 1 unspecified atom stereocenters. The molecule has 4 aromatic rings. The van der Waals surface area contributed by atoms with Gasteiger partial charge in [0.1, 0.15) is 5.75 Å². The summed E-state index contributed by atoms with van der Waals surface area (Å²) in [6.45, 7) is 1.36. The molecule has 0 spiro atoms. The van der Waals surface area contributed by atoms with Crippen molar-refractivity contribution in [3.8, 4) is 5.75 Å². The van der Waals surface area contributed by atoms with Crippen molar-refractivity contribution in [1.82, 2.24) is 0 Å². The number of methoxy groups -OCH3 is 1. The number of benzene rings is 4. The second kappa shape index (κ2) is 17.6. The van der Waals surface area contributed by atoms with Crippen LogP contribution in [0.2, 0.25) is 0 Å². The predicted molar refractivity (Wildman–Crippen MR) is 163 cm³/mol. The molecule has 8 heteroatoms. The maximum Gasteiger partial charge on any atom is 3.00 e. The minimum atomic E-state index is -1.21. The van der Waals surface area contributed by atoms with E-state index in [0.29, 0.717) is 54.2 Å². The number of nitrogens with zero attached hydrogens (tertiary/aromatic N) is 3. The zero-order chi connectivity index (χ0) is 29.6. The number of aliphatic imine (C=N–C) groups is 2. The first-order valence-corrected chi connectivity index (χ1v) is 14.0. The van der Waals surface area contributed by atoms with Crippen molar-refractivity contribution in [2.75, 3.05) is 13.7 Å². The second-order valence-electron chi connectivity index (χ2n) is 9.78. The van der Waals surface area contributed by atoms with Crippen molar-refractivity contribution in [2.24, 2.45) is 9.98 Å². The average molecular weight is 619 g/mol. The normalized spacial score (nSPS) is 12.3. The van der Waals surface area contributed by atoms with Gasteiger partial charge in [0, 0.05) is 23.5 Å². The Bertz CT molecular complexity index is 1480. The topological polar surface area (TPSA) is 111 Å². The number of ether oxygens (including phenoxy) is 1. The molecule has 0 aliphatic carbocycles. The molecule has 0 heterocycles. The van der Waals surface area contributed by atoms with Gasteiger partial charge in [-0.1, -0.05) is 109 Å². The maximum atomic E-state index is 12.9. The number of carboxylic acids is 1. The van der Waals surface area contributed by atoms with Crippen LogP contribution in [0.4, 0.5) is 5.69 Å². The summed E-state index contributed by atoms with van der Waals surface area (Å²) in [5, 5.41) is 29.2. The van der Waals surface area contributed by atoms with Crippen LogP contribution in [0.25, 0.3) is 5.32 Å². The van der Waals surface area contributed by atoms with Crippen molar-refractivity contribution >= 4 is 23.3 Å². The molecule has 1 atom stereocenters. The Kier molecular flexibility index (Phi) is 13.6. The summed E-state index contributed by atoms with van der Waals surface area (Å²) in [5.41, 5.74) is 4.34. The van der Waals surface area contributed by atoms with Gasteiger partial charge in [0.15, 0.2) is 0 Å². The van der Waals surface area contributed by atoms with E-state index in [9.17, 15) is 15.0 Å². The van der Waals surface area contributed by atoms with Crippen molar-refractivity contribution in [1.29, 1.82) is 0 Å². The largest absolute Gasteiger partial charge is 3.00 e. The molecular weight excluding hydrogens is 585 g/mol. The van der Waals surface area contributed by atoms with Gasteiger partial charge in [0.25, 0.3) is 0 Å². The summed E-state index contributed by atoms with van der Waals surface area (Å²) < 4.78 is 5.25. The number of hydrogen-bond donors (Lipinski definition) is 0. The maximum absolute atomic E-state index is 12.9. The average Bonchev–Trinajstić information content (AvgIpc) is 3.02. The molecule has 0 aromatic heterocycles. The van der Waals surface area contributed by atoms with Crippen LogP contribution < -0.4 is 14.9 Å². The van der Waals surface area contributed by atoms with E-state index in [1.807, 2.05) is 78.9 Å². The van der Waals surface area contributed by atoms with Crippen molar-refractivity contribution in [2.45, 2.75) is 38.3 Å². The summed E-state index contributed by atoms with van der Waals surface area (Å²) >= 11 is 0. The van der Waals surface area contributed by atoms with E-state index >= 15 is 0 Å². The van der Waals surface area contributed by atoms with Crippen LogP contribution in [0.1, 0.15) is 54.0 Å². The van der Waals surface area contributed by atoms with Gasteiger partial charge >= 0.3 is 16.5 Å². The molecule has 4 rings (SSSR count). The van der Waals surface area contributed by atoms with Gasteiger partial charge in [0.05, 0.1) is 24.6 Å². The summed E-state index contributed by atoms with van der Waals surface area (Å²) in [7, 11) is 1.57. The van der Waals surface area contributed by atoms with Crippen LogP contribution in [0, 0.1) is 0 Å². The van der Waals surface area contributed by atoms with Crippen molar-refractivity contribution < 1.29 is 36.2 Å². The third-order valence-electron chi connectivity index (χ3n) is 6.69. The fourth-order valence-corrected chi connectivity index (χ4v) is 4.53. The molecule has 1 radical (unpaired) electrons. The van der Waals surface area contributed by atoms with E-state index in [2.05, 4.69) is 10.3 Å². The van der Waals surface area contributed by atoms with Crippen LogP contribution in [-0.4, -0.2) is 31.2 Å². The predicted octanol–water partition coefficient (Wildman–Crippen LogP) is 5.55. The Balaban J connectivity index is 0.00000506. The van der Waals surface area contributed by atoms with E-state index in [0.717, 1.165) is 12.0 Å². The number of aliphatic carboxylic acids is 1. The Labute approximate surface area is 263 Å². The Morgan fingerprint density at radius 1 is 0.837 bits per heavy atom. The molecular formula is C35H34N3NiO4. The van der Waals surface area contributed by atoms with Gasteiger partial charge in [-0.2, -0.15) is 0 Å². The number of hydrogen-bond acceptors (Lipinski definition) is 6. The van der Waals surface area contributed by atoms with Gasteiger partial charge in [-0.3, -0.25) is 9.98 Å².